The number of rotatable bonds is 3. The summed E-state index contributed by atoms with van der Waals surface area (Å²) in [6.45, 7) is 0. The van der Waals surface area contributed by atoms with Crippen LogP contribution in [0.25, 0.3) is 0 Å². The van der Waals surface area contributed by atoms with Crippen LogP contribution in [-0.4, -0.2) is 12.9 Å². The van der Waals surface area contributed by atoms with Gasteiger partial charge in [0.1, 0.15) is 5.75 Å². The van der Waals surface area contributed by atoms with Gasteiger partial charge in [-0.05, 0) is 48.6 Å². The van der Waals surface area contributed by atoms with Crippen molar-refractivity contribution in [3.63, 3.8) is 0 Å². The summed E-state index contributed by atoms with van der Waals surface area (Å²) in [5.74, 6) is 0.744. The Bertz CT molecular complexity index is 679. The van der Waals surface area contributed by atoms with Crippen molar-refractivity contribution in [2.45, 2.75) is 25.2 Å². The Morgan fingerprint density at radius 1 is 1.24 bits per heavy atom. The van der Waals surface area contributed by atoms with Crippen molar-refractivity contribution < 1.29 is 9.53 Å². The van der Waals surface area contributed by atoms with E-state index in [0.29, 0.717) is 11.3 Å². The molecule has 108 valence electrons. The van der Waals surface area contributed by atoms with Crippen LogP contribution in [0, 0.1) is 0 Å². The first-order valence-electron chi connectivity index (χ1n) is 7.16. The zero-order valence-corrected chi connectivity index (χ0v) is 13.5. The minimum absolute atomic E-state index is 0.0509. The quantitative estimate of drug-likeness (QED) is 0.750. The molecular formula is C18H17BrO2. The number of carbonyl (C=O) groups is 1. The maximum Gasteiger partial charge on any atom is 0.174 e. The van der Waals surface area contributed by atoms with E-state index in [1.54, 1.807) is 7.11 Å². The van der Waals surface area contributed by atoms with Crippen LogP contribution in [0.2, 0.25) is 0 Å². The molecule has 3 heteroatoms. The molecule has 1 aliphatic rings. The van der Waals surface area contributed by atoms with Gasteiger partial charge in [-0.2, -0.15) is 0 Å². The topological polar surface area (TPSA) is 26.3 Å². The molecule has 2 aromatic carbocycles. The molecule has 0 fully saturated rings. The van der Waals surface area contributed by atoms with Crippen molar-refractivity contribution in [2.24, 2.45) is 0 Å². The van der Waals surface area contributed by atoms with Gasteiger partial charge in [0.05, 0.1) is 12.7 Å². The van der Waals surface area contributed by atoms with E-state index >= 15 is 0 Å². The van der Waals surface area contributed by atoms with Crippen LogP contribution >= 0.6 is 15.9 Å². The number of benzene rings is 2. The summed E-state index contributed by atoms with van der Waals surface area (Å²) >= 11 is 3.42. The van der Waals surface area contributed by atoms with Gasteiger partial charge in [-0.3, -0.25) is 4.79 Å². The van der Waals surface area contributed by atoms with Gasteiger partial charge in [-0.15, -0.1) is 0 Å². The van der Waals surface area contributed by atoms with Crippen molar-refractivity contribution in [1.29, 1.82) is 0 Å². The van der Waals surface area contributed by atoms with Gasteiger partial charge in [0, 0.05) is 10.4 Å². The Morgan fingerprint density at radius 2 is 2.05 bits per heavy atom. The van der Waals surface area contributed by atoms with Crippen molar-refractivity contribution in [3.05, 3.63) is 63.6 Å². The number of fused-ring (bicyclic) bond motifs is 1. The third-order valence-corrected chi connectivity index (χ3v) is 4.61. The average Bonchev–Trinajstić information content (AvgIpc) is 2.53. The Kier molecular flexibility index (Phi) is 4.11. The van der Waals surface area contributed by atoms with Crippen LogP contribution in [0.4, 0.5) is 0 Å². The number of aryl methyl sites for hydroxylation is 1. The SMILES string of the molecule is COc1cc(Br)ccc1C(=O)C1CCCc2ccccc21. The molecule has 1 aliphatic carbocycles. The Labute approximate surface area is 133 Å². The number of Topliss-reactive ketones (excluding diaryl/α,β-unsaturated/α-hetero) is 1. The number of methoxy groups -OCH3 is 1. The molecule has 2 nitrogen and oxygen atoms in total. The molecule has 0 radical (unpaired) electrons. The summed E-state index contributed by atoms with van der Waals surface area (Å²) < 4.78 is 6.29. The largest absolute Gasteiger partial charge is 0.496 e. The predicted molar refractivity (Wildman–Crippen MR) is 87.1 cm³/mol. The van der Waals surface area contributed by atoms with Gasteiger partial charge in [-0.1, -0.05) is 40.2 Å². The first kappa shape index (κ1) is 14.3. The highest BCUT2D eigenvalue weighted by Gasteiger charge is 2.28. The van der Waals surface area contributed by atoms with E-state index < -0.39 is 0 Å². The minimum Gasteiger partial charge on any atom is -0.496 e. The second-order valence-corrected chi connectivity index (χ2v) is 6.27. The number of carbonyl (C=O) groups excluding carboxylic acids is 1. The number of hydrogen-bond acceptors (Lipinski definition) is 2. The number of halogens is 1. The highest BCUT2D eigenvalue weighted by atomic mass is 79.9. The number of hydrogen-bond donors (Lipinski definition) is 0. The lowest BCUT2D eigenvalue weighted by atomic mass is 9.79. The van der Waals surface area contributed by atoms with E-state index in [0.717, 1.165) is 23.7 Å². The molecule has 21 heavy (non-hydrogen) atoms. The van der Waals surface area contributed by atoms with E-state index in [1.165, 1.54) is 11.1 Å². The van der Waals surface area contributed by atoms with Crippen LogP contribution < -0.4 is 4.74 Å². The normalized spacial score (nSPS) is 17.1. The molecule has 0 amide bonds. The fourth-order valence-electron chi connectivity index (χ4n) is 3.08. The second-order valence-electron chi connectivity index (χ2n) is 5.35. The Hall–Kier alpha value is -1.61. The average molecular weight is 345 g/mol. The third-order valence-electron chi connectivity index (χ3n) is 4.11. The van der Waals surface area contributed by atoms with E-state index in [9.17, 15) is 4.79 Å². The van der Waals surface area contributed by atoms with Crippen LogP contribution in [0.15, 0.2) is 46.9 Å². The fourth-order valence-corrected chi connectivity index (χ4v) is 3.42. The highest BCUT2D eigenvalue weighted by molar-refractivity contribution is 9.10. The minimum atomic E-state index is -0.0509. The molecule has 0 bridgehead atoms. The molecule has 0 saturated heterocycles. The molecule has 0 heterocycles. The highest BCUT2D eigenvalue weighted by Crippen LogP contribution is 2.36. The van der Waals surface area contributed by atoms with E-state index in [2.05, 4.69) is 28.1 Å². The molecule has 0 spiro atoms. The van der Waals surface area contributed by atoms with E-state index in [1.807, 2.05) is 30.3 Å². The van der Waals surface area contributed by atoms with Gasteiger partial charge < -0.3 is 4.74 Å². The van der Waals surface area contributed by atoms with Gasteiger partial charge in [-0.25, -0.2) is 0 Å². The molecule has 0 N–H and O–H groups in total. The van der Waals surface area contributed by atoms with Crippen molar-refractivity contribution in [2.75, 3.05) is 7.11 Å². The molecule has 0 aromatic heterocycles. The third kappa shape index (κ3) is 2.75. The monoisotopic (exact) mass is 344 g/mol. The molecule has 1 unspecified atom stereocenters. The van der Waals surface area contributed by atoms with E-state index in [-0.39, 0.29) is 11.7 Å². The Balaban J connectivity index is 2.00. The lowest BCUT2D eigenvalue weighted by molar-refractivity contribution is 0.0948. The lowest BCUT2D eigenvalue weighted by Crippen LogP contribution is -2.19. The zero-order chi connectivity index (χ0) is 14.8. The first-order chi connectivity index (χ1) is 10.2. The standard InChI is InChI=1S/C18H17BrO2/c1-21-17-11-13(19)9-10-16(17)18(20)15-8-4-6-12-5-2-3-7-14(12)15/h2-3,5,7,9-11,15H,4,6,8H2,1H3. The molecular weight excluding hydrogens is 328 g/mol. The van der Waals surface area contributed by atoms with Crippen molar-refractivity contribution >= 4 is 21.7 Å². The summed E-state index contributed by atoms with van der Waals surface area (Å²) in [6, 6.07) is 13.9. The van der Waals surface area contributed by atoms with Crippen LogP contribution in [0.3, 0.4) is 0 Å². The summed E-state index contributed by atoms with van der Waals surface area (Å²) in [5, 5.41) is 0. The van der Waals surface area contributed by atoms with Crippen molar-refractivity contribution in [3.8, 4) is 5.75 Å². The van der Waals surface area contributed by atoms with Crippen molar-refractivity contribution in [1.82, 2.24) is 0 Å². The lowest BCUT2D eigenvalue weighted by Gasteiger charge is -2.25. The maximum atomic E-state index is 13.0. The Morgan fingerprint density at radius 3 is 2.86 bits per heavy atom. The molecule has 2 aromatic rings. The zero-order valence-electron chi connectivity index (χ0n) is 11.9. The summed E-state index contributed by atoms with van der Waals surface area (Å²) in [6.07, 6.45) is 3.04. The smallest absolute Gasteiger partial charge is 0.174 e. The molecule has 1 atom stereocenters. The van der Waals surface area contributed by atoms with Gasteiger partial charge in [0.2, 0.25) is 0 Å². The molecule has 0 aliphatic heterocycles. The van der Waals surface area contributed by atoms with Crippen LogP contribution in [0.1, 0.15) is 40.2 Å². The molecule has 0 saturated carbocycles. The summed E-state index contributed by atoms with van der Waals surface area (Å²) in [7, 11) is 1.60. The number of ketones is 1. The van der Waals surface area contributed by atoms with Crippen LogP contribution in [-0.2, 0) is 6.42 Å². The van der Waals surface area contributed by atoms with Gasteiger partial charge in [0.25, 0.3) is 0 Å². The summed E-state index contributed by atoms with van der Waals surface area (Å²) in [5.41, 5.74) is 3.15. The van der Waals surface area contributed by atoms with E-state index in [4.69, 9.17) is 4.74 Å². The second kappa shape index (κ2) is 6.02. The molecule has 3 rings (SSSR count). The van der Waals surface area contributed by atoms with Gasteiger partial charge in [0.15, 0.2) is 5.78 Å². The summed E-state index contributed by atoms with van der Waals surface area (Å²) in [4.78, 5) is 13.0. The fraction of sp³-hybridized carbons (Fsp3) is 0.278. The predicted octanol–water partition coefficient (Wildman–Crippen LogP) is 4.76. The van der Waals surface area contributed by atoms with Gasteiger partial charge >= 0.3 is 0 Å². The van der Waals surface area contributed by atoms with Crippen LogP contribution in [0.5, 0.6) is 5.75 Å². The maximum absolute atomic E-state index is 13.0. The number of ether oxygens (including phenoxy) is 1. The first-order valence-corrected chi connectivity index (χ1v) is 7.95.